The average molecular weight is 339 g/mol. The fraction of sp³-hybridized carbons (Fsp3) is 0.273. The van der Waals surface area contributed by atoms with Crippen LogP contribution in [0.3, 0.4) is 0 Å². The molecule has 0 bridgehead atoms. The van der Waals surface area contributed by atoms with Crippen molar-refractivity contribution in [3.8, 4) is 0 Å². The number of halogens is 2. The molecule has 88 valence electrons. The Kier molecular flexibility index (Phi) is 6.61. The molecule has 0 aromatic carbocycles. The van der Waals surface area contributed by atoms with E-state index in [9.17, 15) is 0 Å². The number of rotatable bonds is 5. The third kappa shape index (κ3) is 4.55. The number of hydrogen-bond donors (Lipinski definition) is 1. The zero-order valence-electron chi connectivity index (χ0n) is 8.61. The van der Waals surface area contributed by atoms with Crippen LogP contribution in [0.2, 0.25) is 0 Å². The maximum Gasteiger partial charge on any atom is 0.0701 e. The lowest BCUT2D eigenvalue weighted by Gasteiger charge is -2.01. The molecule has 1 N–H and O–H groups in total. The first kappa shape index (κ1) is 14.2. The third-order valence-corrected chi connectivity index (χ3v) is 4.50. The van der Waals surface area contributed by atoms with Crippen molar-refractivity contribution >= 4 is 51.0 Å². The van der Waals surface area contributed by atoms with Gasteiger partial charge in [0.05, 0.1) is 3.79 Å². The summed E-state index contributed by atoms with van der Waals surface area (Å²) in [5.41, 5.74) is 1.38. The Hall–Kier alpha value is 0.130. The molecule has 0 radical (unpaired) electrons. The van der Waals surface area contributed by atoms with Crippen molar-refractivity contribution in [2.24, 2.45) is 0 Å². The van der Waals surface area contributed by atoms with Crippen LogP contribution in [0.25, 0.3) is 0 Å². The van der Waals surface area contributed by atoms with E-state index in [1.807, 2.05) is 11.3 Å². The standard InChI is InChI=1S/C11H12BrNS2.ClH/c12-11-2-1-10(15-11)3-5-13-7-9-4-6-14-8-9;/h1-2,4,6,8,13H,3,5,7H2;1H. The fourth-order valence-corrected chi connectivity index (χ4v) is 3.47. The first-order chi connectivity index (χ1) is 7.34. The molecule has 0 unspecified atom stereocenters. The topological polar surface area (TPSA) is 12.0 Å². The summed E-state index contributed by atoms with van der Waals surface area (Å²) in [6.07, 6.45) is 1.11. The van der Waals surface area contributed by atoms with Crippen molar-refractivity contribution < 1.29 is 0 Å². The number of hydrogen-bond acceptors (Lipinski definition) is 3. The van der Waals surface area contributed by atoms with Crippen molar-refractivity contribution in [3.63, 3.8) is 0 Å². The van der Waals surface area contributed by atoms with Crippen LogP contribution in [0.15, 0.2) is 32.7 Å². The van der Waals surface area contributed by atoms with Gasteiger partial charge >= 0.3 is 0 Å². The minimum Gasteiger partial charge on any atom is -0.312 e. The lowest BCUT2D eigenvalue weighted by molar-refractivity contribution is 0.692. The molecular formula is C11H13BrClNS2. The summed E-state index contributed by atoms with van der Waals surface area (Å²) in [5.74, 6) is 0. The summed E-state index contributed by atoms with van der Waals surface area (Å²) in [7, 11) is 0. The van der Waals surface area contributed by atoms with Crippen LogP contribution in [0, 0.1) is 0 Å². The maximum atomic E-state index is 3.47. The Balaban J connectivity index is 0.00000128. The van der Waals surface area contributed by atoms with E-state index in [1.165, 1.54) is 14.2 Å². The lowest BCUT2D eigenvalue weighted by Crippen LogP contribution is -2.15. The van der Waals surface area contributed by atoms with Gasteiger partial charge < -0.3 is 5.32 Å². The first-order valence-electron chi connectivity index (χ1n) is 4.80. The van der Waals surface area contributed by atoms with Crippen molar-refractivity contribution in [1.29, 1.82) is 0 Å². The molecular weight excluding hydrogens is 326 g/mol. The largest absolute Gasteiger partial charge is 0.312 e. The average Bonchev–Trinajstić information content (AvgIpc) is 2.84. The summed E-state index contributed by atoms with van der Waals surface area (Å²) < 4.78 is 1.22. The van der Waals surface area contributed by atoms with Crippen molar-refractivity contribution in [2.45, 2.75) is 13.0 Å². The summed E-state index contributed by atoms with van der Waals surface area (Å²) >= 11 is 7.04. The van der Waals surface area contributed by atoms with Gasteiger partial charge in [-0.25, -0.2) is 0 Å². The zero-order valence-corrected chi connectivity index (χ0v) is 12.6. The molecule has 2 aromatic rings. The Labute approximate surface area is 118 Å². The van der Waals surface area contributed by atoms with Gasteiger partial charge in [0, 0.05) is 18.0 Å². The predicted octanol–water partition coefficient (Wildman–Crippen LogP) is 4.33. The van der Waals surface area contributed by atoms with Gasteiger partial charge in [-0.1, -0.05) is 0 Å². The van der Waals surface area contributed by atoms with Crippen LogP contribution in [-0.2, 0) is 13.0 Å². The molecule has 2 aromatic heterocycles. The molecule has 0 saturated carbocycles. The monoisotopic (exact) mass is 337 g/mol. The van der Waals surface area contributed by atoms with Crippen molar-refractivity contribution in [2.75, 3.05) is 6.54 Å². The van der Waals surface area contributed by atoms with Crippen LogP contribution in [-0.4, -0.2) is 6.54 Å². The molecule has 0 atom stereocenters. The molecule has 0 saturated heterocycles. The number of thiophene rings is 2. The zero-order chi connectivity index (χ0) is 10.5. The molecule has 0 aliphatic carbocycles. The van der Waals surface area contributed by atoms with Gasteiger partial charge in [-0.05, 0) is 56.9 Å². The highest BCUT2D eigenvalue weighted by Crippen LogP contribution is 2.22. The molecule has 0 aliphatic heterocycles. The lowest BCUT2D eigenvalue weighted by atomic mass is 10.3. The quantitative estimate of drug-likeness (QED) is 0.800. The highest BCUT2D eigenvalue weighted by atomic mass is 79.9. The molecule has 1 nitrogen and oxygen atoms in total. The van der Waals surface area contributed by atoms with Crippen molar-refractivity contribution in [1.82, 2.24) is 5.32 Å². The molecule has 0 fully saturated rings. The van der Waals surface area contributed by atoms with E-state index in [-0.39, 0.29) is 12.4 Å². The summed E-state index contributed by atoms with van der Waals surface area (Å²) in [6, 6.07) is 6.46. The van der Waals surface area contributed by atoms with E-state index in [0.717, 1.165) is 19.5 Å². The summed E-state index contributed by atoms with van der Waals surface area (Å²) in [4.78, 5) is 1.43. The van der Waals surface area contributed by atoms with E-state index < -0.39 is 0 Å². The SMILES string of the molecule is Brc1ccc(CCNCc2ccsc2)s1.Cl. The molecule has 0 spiro atoms. The molecule has 2 heterocycles. The molecule has 2 rings (SSSR count). The van der Waals surface area contributed by atoms with E-state index in [2.05, 4.69) is 50.2 Å². The van der Waals surface area contributed by atoms with Crippen LogP contribution in [0.5, 0.6) is 0 Å². The van der Waals surface area contributed by atoms with Gasteiger partial charge in [0.1, 0.15) is 0 Å². The van der Waals surface area contributed by atoms with Gasteiger partial charge in [0.15, 0.2) is 0 Å². The van der Waals surface area contributed by atoms with E-state index in [0.29, 0.717) is 0 Å². The number of nitrogens with one attached hydrogen (secondary N) is 1. The Morgan fingerprint density at radius 3 is 2.75 bits per heavy atom. The Bertz CT molecular complexity index is 400. The minimum atomic E-state index is 0. The van der Waals surface area contributed by atoms with E-state index in [1.54, 1.807) is 11.3 Å². The fourth-order valence-electron chi connectivity index (χ4n) is 1.32. The van der Waals surface area contributed by atoms with Crippen LogP contribution in [0.4, 0.5) is 0 Å². The predicted molar refractivity (Wildman–Crippen MR) is 79.0 cm³/mol. The highest BCUT2D eigenvalue weighted by Gasteiger charge is 1.97. The van der Waals surface area contributed by atoms with Gasteiger partial charge in [0.25, 0.3) is 0 Å². The maximum absolute atomic E-state index is 3.47. The van der Waals surface area contributed by atoms with Gasteiger partial charge in [-0.2, -0.15) is 11.3 Å². The van der Waals surface area contributed by atoms with Crippen LogP contribution in [0.1, 0.15) is 10.4 Å². The van der Waals surface area contributed by atoms with Gasteiger partial charge in [-0.3, -0.25) is 0 Å². The second-order valence-corrected chi connectivity index (χ2v) is 6.59. The van der Waals surface area contributed by atoms with E-state index >= 15 is 0 Å². The second-order valence-electron chi connectivity index (χ2n) is 3.26. The Morgan fingerprint density at radius 2 is 2.12 bits per heavy atom. The normalized spacial score (nSPS) is 10.1. The first-order valence-corrected chi connectivity index (χ1v) is 7.36. The van der Waals surface area contributed by atoms with Crippen LogP contribution < -0.4 is 5.32 Å². The second kappa shape index (κ2) is 7.45. The van der Waals surface area contributed by atoms with Crippen molar-refractivity contribution in [3.05, 3.63) is 43.2 Å². The van der Waals surface area contributed by atoms with Crippen LogP contribution >= 0.6 is 51.0 Å². The summed E-state index contributed by atoms with van der Waals surface area (Å²) in [5, 5.41) is 7.75. The minimum absolute atomic E-state index is 0. The van der Waals surface area contributed by atoms with Gasteiger partial charge in [0.2, 0.25) is 0 Å². The van der Waals surface area contributed by atoms with Gasteiger partial charge in [-0.15, -0.1) is 23.7 Å². The molecule has 5 heteroatoms. The third-order valence-electron chi connectivity index (χ3n) is 2.09. The smallest absolute Gasteiger partial charge is 0.0701 e. The molecule has 0 amide bonds. The molecule has 16 heavy (non-hydrogen) atoms. The summed E-state index contributed by atoms with van der Waals surface area (Å²) in [6.45, 7) is 2.03. The Morgan fingerprint density at radius 1 is 1.25 bits per heavy atom. The molecule has 0 aliphatic rings. The highest BCUT2D eigenvalue weighted by molar-refractivity contribution is 9.11. The van der Waals surface area contributed by atoms with E-state index in [4.69, 9.17) is 0 Å².